The Morgan fingerprint density at radius 2 is 2.04 bits per heavy atom. The van der Waals surface area contributed by atoms with Gasteiger partial charge in [-0.05, 0) is 49.3 Å². The number of aliphatic imine (C=N–C) groups is 1. The van der Waals surface area contributed by atoms with Crippen LogP contribution < -0.4 is 11.1 Å². The number of benzene rings is 1. The van der Waals surface area contributed by atoms with Gasteiger partial charge in [-0.25, -0.2) is 0 Å². The van der Waals surface area contributed by atoms with E-state index in [1.165, 1.54) is 5.56 Å². The molecule has 23 heavy (non-hydrogen) atoms. The first-order valence-electron chi connectivity index (χ1n) is 8.59. The molecule has 2 rings (SSSR count). The third kappa shape index (κ3) is 7.01. The highest BCUT2D eigenvalue weighted by molar-refractivity contribution is 5.92. The summed E-state index contributed by atoms with van der Waals surface area (Å²) in [5, 5.41) is 3.11. The zero-order chi connectivity index (χ0) is 16.3. The van der Waals surface area contributed by atoms with Gasteiger partial charge in [0.1, 0.15) is 0 Å². The van der Waals surface area contributed by atoms with Crippen LogP contribution in [0.3, 0.4) is 0 Å². The summed E-state index contributed by atoms with van der Waals surface area (Å²) in [4.78, 5) is 4.33. The number of aryl methyl sites for hydroxylation is 1. The molecule has 0 unspecified atom stereocenters. The molecule has 0 saturated carbocycles. The van der Waals surface area contributed by atoms with E-state index in [2.05, 4.69) is 29.4 Å². The lowest BCUT2D eigenvalue weighted by molar-refractivity contribution is 0.0205. The SMILES string of the molecule is CCc1ccc(NC(N)=NCCCOCC2CCOCC2)cc1. The summed E-state index contributed by atoms with van der Waals surface area (Å²) in [5.74, 6) is 1.11. The number of hydrogen-bond acceptors (Lipinski definition) is 3. The van der Waals surface area contributed by atoms with Gasteiger partial charge in [0.25, 0.3) is 0 Å². The lowest BCUT2D eigenvalue weighted by Crippen LogP contribution is -2.23. The number of hydrogen-bond donors (Lipinski definition) is 2. The number of nitrogens with one attached hydrogen (secondary N) is 1. The normalized spacial score (nSPS) is 16.5. The van der Waals surface area contributed by atoms with Gasteiger partial charge in [-0.15, -0.1) is 0 Å². The Morgan fingerprint density at radius 3 is 2.74 bits per heavy atom. The molecule has 1 aliphatic rings. The number of nitrogens with two attached hydrogens (primary N) is 1. The molecule has 0 bridgehead atoms. The number of anilines is 1. The van der Waals surface area contributed by atoms with E-state index in [-0.39, 0.29) is 0 Å². The summed E-state index contributed by atoms with van der Waals surface area (Å²) in [6.45, 7) is 6.14. The van der Waals surface area contributed by atoms with Crippen LogP contribution >= 0.6 is 0 Å². The molecular formula is C18H29N3O2. The fourth-order valence-electron chi connectivity index (χ4n) is 2.54. The van der Waals surface area contributed by atoms with Gasteiger partial charge in [-0.1, -0.05) is 19.1 Å². The van der Waals surface area contributed by atoms with E-state index in [0.29, 0.717) is 18.4 Å². The average Bonchev–Trinajstić information content (AvgIpc) is 2.59. The molecule has 1 aliphatic heterocycles. The van der Waals surface area contributed by atoms with Gasteiger partial charge in [-0.2, -0.15) is 0 Å². The van der Waals surface area contributed by atoms with E-state index >= 15 is 0 Å². The summed E-state index contributed by atoms with van der Waals surface area (Å²) in [6, 6.07) is 8.25. The van der Waals surface area contributed by atoms with Crippen molar-refractivity contribution in [3.8, 4) is 0 Å². The maximum Gasteiger partial charge on any atom is 0.193 e. The van der Waals surface area contributed by atoms with Gasteiger partial charge in [0.2, 0.25) is 0 Å². The standard InChI is InChI=1S/C18H29N3O2/c1-2-15-4-6-17(7-5-15)21-18(19)20-10-3-11-23-14-16-8-12-22-13-9-16/h4-7,16H,2-3,8-14H2,1H3,(H3,19,20,21). The van der Waals surface area contributed by atoms with Crippen LogP contribution in [0.4, 0.5) is 5.69 Å². The molecule has 5 heteroatoms. The van der Waals surface area contributed by atoms with Crippen molar-refractivity contribution in [1.29, 1.82) is 0 Å². The van der Waals surface area contributed by atoms with Gasteiger partial charge in [0, 0.05) is 38.7 Å². The molecule has 0 spiro atoms. The maximum atomic E-state index is 5.89. The van der Waals surface area contributed by atoms with Crippen LogP contribution in [0.25, 0.3) is 0 Å². The number of guanidine groups is 1. The zero-order valence-electron chi connectivity index (χ0n) is 14.1. The van der Waals surface area contributed by atoms with E-state index in [0.717, 1.165) is 57.8 Å². The van der Waals surface area contributed by atoms with Crippen LogP contribution in [-0.4, -0.2) is 38.9 Å². The van der Waals surface area contributed by atoms with E-state index in [9.17, 15) is 0 Å². The van der Waals surface area contributed by atoms with E-state index in [1.807, 2.05) is 12.1 Å². The molecule has 1 fully saturated rings. The van der Waals surface area contributed by atoms with Gasteiger partial charge in [-0.3, -0.25) is 4.99 Å². The third-order valence-electron chi connectivity index (χ3n) is 4.06. The minimum Gasteiger partial charge on any atom is -0.381 e. The summed E-state index contributed by atoms with van der Waals surface area (Å²) >= 11 is 0. The zero-order valence-corrected chi connectivity index (χ0v) is 14.1. The van der Waals surface area contributed by atoms with Crippen LogP contribution in [0.1, 0.15) is 31.7 Å². The van der Waals surface area contributed by atoms with E-state index < -0.39 is 0 Å². The molecule has 3 N–H and O–H groups in total. The molecule has 0 aliphatic carbocycles. The molecule has 1 saturated heterocycles. The molecule has 0 atom stereocenters. The fraction of sp³-hybridized carbons (Fsp3) is 0.611. The average molecular weight is 319 g/mol. The Morgan fingerprint density at radius 1 is 1.30 bits per heavy atom. The smallest absolute Gasteiger partial charge is 0.193 e. The predicted octanol–water partition coefficient (Wildman–Crippen LogP) is 2.81. The Bertz CT molecular complexity index is 468. The molecule has 128 valence electrons. The van der Waals surface area contributed by atoms with Crippen molar-refractivity contribution in [2.75, 3.05) is 38.3 Å². The highest BCUT2D eigenvalue weighted by Crippen LogP contribution is 2.14. The molecule has 5 nitrogen and oxygen atoms in total. The summed E-state index contributed by atoms with van der Waals surface area (Å²) in [5.41, 5.74) is 8.18. The quantitative estimate of drug-likeness (QED) is 0.439. The molecular weight excluding hydrogens is 290 g/mol. The van der Waals surface area contributed by atoms with Crippen LogP contribution in [0, 0.1) is 5.92 Å². The molecule has 0 radical (unpaired) electrons. The lowest BCUT2D eigenvalue weighted by Gasteiger charge is -2.21. The highest BCUT2D eigenvalue weighted by Gasteiger charge is 2.13. The van der Waals surface area contributed by atoms with Crippen molar-refractivity contribution in [3.63, 3.8) is 0 Å². The number of ether oxygens (including phenoxy) is 2. The monoisotopic (exact) mass is 319 g/mol. The second-order valence-electron chi connectivity index (χ2n) is 5.93. The van der Waals surface area contributed by atoms with Crippen molar-refractivity contribution in [3.05, 3.63) is 29.8 Å². The Labute approximate surface area is 139 Å². The summed E-state index contributed by atoms with van der Waals surface area (Å²) in [7, 11) is 0. The van der Waals surface area contributed by atoms with Crippen molar-refractivity contribution in [2.45, 2.75) is 32.6 Å². The van der Waals surface area contributed by atoms with E-state index in [4.69, 9.17) is 15.2 Å². The van der Waals surface area contributed by atoms with Crippen LogP contribution in [0.5, 0.6) is 0 Å². The maximum absolute atomic E-state index is 5.89. The summed E-state index contributed by atoms with van der Waals surface area (Å²) < 4.78 is 11.1. The van der Waals surface area contributed by atoms with Crippen LogP contribution in [-0.2, 0) is 15.9 Å². The minimum atomic E-state index is 0.457. The first kappa shape index (κ1) is 17.8. The van der Waals surface area contributed by atoms with Gasteiger partial charge in [0.05, 0.1) is 0 Å². The Balaban J connectivity index is 1.57. The van der Waals surface area contributed by atoms with Gasteiger partial charge >= 0.3 is 0 Å². The number of nitrogens with zero attached hydrogens (tertiary/aromatic N) is 1. The predicted molar refractivity (Wildman–Crippen MR) is 94.9 cm³/mol. The largest absolute Gasteiger partial charge is 0.381 e. The molecule has 0 aromatic heterocycles. The Kier molecular flexibility index (Phi) is 7.90. The molecule has 1 heterocycles. The topological polar surface area (TPSA) is 68.9 Å². The van der Waals surface area contributed by atoms with Crippen LogP contribution in [0.15, 0.2) is 29.3 Å². The molecule has 1 aromatic rings. The van der Waals surface area contributed by atoms with Crippen molar-refractivity contribution >= 4 is 11.6 Å². The third-order valence-corrected chi connectivity index (χ3v) is 4.06. The Hall–Kier alpha value is -1.59. The molecule has 1 aromatic carbocycles. The van der Waals surface area contributed by atoms with Crippen molar-refractivity contribution < 1.29 is 9.47 Å². The van der Waals surface area contributed by atoms with Crippen molar-refractivity contribution in [1.82, 2.24) is 0 Å². The highest BCUT2D eigenvalue weighted by atomic mass is 16.5. The lowest BCUT2D eigenvalue weighted by atomic mass is 10.0. The first-order chi connectivity index (χ1) is 11.3. The van der Waals surface area contributed by atoms with E-state index in [1.54, 1.807) is 0 Å². The van der Waals surface area contributed by atoms with Gasteiger partial charge in [0.15, 0.2) is 5.96 Å². The van der Waals surface area contributed by atoms with Crippen molar-refractivity contribution in [2.24, 2.45) is 16.6 Å². The molecule has 0 amide bonds. The fourth-order valence-corrected chi connectivity index (χ4v) is 2.54. The van der Waals surface area contributed by atoms with Gasteiger partial charge < -0.3 is 20.5 Å². The second-order valence-corrected chi connectivity index (χ2v) is 5.93. The first-order valence-corrected chi connectivity index (χ1v) is 8.59. The second kappa shape index (κ2) is 10.2. The summed E-state index contributed by atoms with van der Waals surface area (Å²) in [6.07, 6.45) is 4.16. The number of rotatable bonds is 8. The van der Waals surface area contributed by atoms with Crippen LogP contribution in [0.2, 0.25) is 0 Å². The minimum absolute atomic E-state index is 0.457.